The second-order valence-corrected chi connectivity index (χ2v) is 6.07. The summed E-state index contributed by atoms with van der Waals surface area (Å²) in [5, 5.41) is 1.08. The normalized spacial score (nSPS) is 21.7. The lowest BCUT2D eigenvalue weighted by Crippen LogP contribution is -2.05. The Morgan fingerprint density at radius 2 is 2.14 bits per heavy atom. The van der Waals surface area contributed by atoms with Crippen LogP contribution >= 0.6 is 23.2 Å². The second kappa shape index (κ2) is 7.30. The molecule has 118 valence electrons. The predicted octanol–water partition coefficient (Wildman–Crippen LogP) is 5.46. The molecule has 1 aliphatic carbocycles. The molecule has 1 aromatic rings. The van der Waals surface area contributed by atoms with Crippen molar-refractivity contribution >= 4 is 29.2 Å². The van der Waals surface area contributed by atoms with Gasteiger partial charge in [0.15, 0.2) is 0 Å². The average molecular weight is 343 g/mol. The smallest absolute Gasteiger partial charge is 0.367 e. The SMILES string of the molecule is CCOC(=O)/C(F)=C(C)\C=C\[C@@H]1C[C@H]1c1ccc(Cl)c(Cl)c1. The van der Waals surface area contributed by atoms with Crippen LogP contribution in [-0.4, -0.2) is 12.6 Å². The summed E-state index contributed by atoms with van der Waals surface area (Å²) >= 11 is 11.9. The molecule has 0 saturated heterocycles. The van der Waals surface area contributed by atoms with Crippen LogP contribution in [0.3, 0.4) is 0 Å². The van der Waals surface area contributed by atoms with E-state index >= 15 is 0 Å². The van der Waals surface area contributed by atoms with Gasteiger partial charge in [0, 0.05) is 0 Å². The maximum absolute atomic E-state index is 13.7. The molecule has 0 spiro atoms. The van der Waals surface area contributed by atoms with E-state index in [9.17, 15) is 9.18 Å². The van der Waals surface area contributed by atoms with E-state index < -0.39 is 11.8 Å². The maximum Gasteiger partial charge on any atom is 0.367 e. The van der Waals surface area contributed by atoms with Gasteiger partial charge in [-0.2, -0.15) is 4.39 Å². The van der Waals surface area contributed by atoms with Gasteiger partial charge in [-0.25, -0.2) is 4.79 Å². The third kappa shape index (κ3) is 4.11. The Labute approximate surface area is 139 Å². The lowest BCUT2D eigenvalue weighted by Gasteiger charge is -2.02. The molecule has 0 bridgehead atoms. The van der Waals surface area contributed by atoms with Gasteiger partial charge in [-0.15, -0.1) is 0 Å². The van der Waals surface area contributed by atoms with Crippen molar-refractivity contribution in [2.24, 2.45) is 5.92 Å². The topological polar surface area (TPSA) is 26.3 Å². The molecular formula is C17H17Cl2FO2. The molecule has 2 nitrogen and oxygen atoms in total. The highest BCUT2D eigenvalue weighted by molar-refractivity contribution is 6.42. The molecule has 1 saturated carbocycles. The van der Waals surface area contributed by atoms with Crippen LogP contribution in [0.1, 0.15) is 31.7 Å². The van der Waals surface area contributed by atoms with E-state index in [2.05, 4.69) is 4.74 Å². The van der Waals surface area contributed by atoms with Crippen LogP contribution in [0.15, 0.2) is 41.8 Å². The van der Waals surface area contributed by atoms with Crippen molar-refractivity contribution in [3.05, 3.63) is 57.4 Å². The Kier molecular flexibility index (Phi) is 5.65. The largest absolute Gasteiger partial charge is 0.461 e. The van der Waals surface area contributed by atoms with E-state index in [1.165, 1.54) is 0 Å². The first-order chi connectivity index (χ1) is 10.4. The van der Waals surface area contributed by atoms with Gasteiger partial charge in [-0.3, -0.25) is 0 Å². The number of esters is 1. The lowest BCUT2D eigenvalue weighted by molar-refractivity contribution is -0.140. The van der Waals surface area contributed by atoms with E-state index in [-0.39, 0.29) is 12.2 Å². The van der Waals surface area contributed by atoms with Gasteiger partial charge in [0.25, 0.3) is 0 Å². The number of benzene rings is 1. The van der Waals surface area contributed by atoms with Crippen LogP contribution < -0.4 is 0 Å². The first-order valence-corrected chi connectivity index (χ1v) is 7.86. The molecule has 0 heterocycles. The number of carbonyl (C=O) groups is 1. The highest BCUT2D eigenvalue weighted by Crippen LogP contribution is 2.49. The van der Waals surface area contributed by atoms with E-state index in [0.717, 1.165) is 12.0 Å². The first-order valence-electron chi connectivity index (χ1n) is 7.10. The van der Waals surface area contributed by atoms with Crippen molar-refractivity contribution in [3.8, 4) is 0 Å². The van der Waals surface area contributed by atoms with Crippen molar-refractivity contribution in [1.29, 1.82) is 0 Å². The van der Waals surface area contributed by atoms with Gasteiger partial charge < -0.3 is 4.74 Å². The quantitative estimate of drug-likeness (QED) is 0.403. The van der Waals surface area contributed by atoms with Gasteiger partial charge in [0.1, 0.15) is 0 Å². The van der Waals surface area contributed by atoms with Crippen LogP contribution in [-0.2, 0) is 9.53 Å². The molecular weight excluding hydrogens is 326 g/mol. The molecule has 0 amide bonds. The standard InChI is InChI=1S/C17H17Cl2FO2/c1-3-22-17(21)16(20)10(2)4-5-11-8-13(11)12-6-7-14(18)15(19)9-12/h4-7,9,11,13H,3,8H2,1-2H3/b5-4+,16-10+/t11-,13-/m1/s1. The Morgan fingerprint density at radius 3 is 2.77 bits per heavy atom. The number of ether oxygens (including phenoxy) is 1. The fourth-order valence-electron chi connectivity index (χ4n) is 2.25. The summed E-state index contributed by atoms with van der Waals surface area (Å²) in [6.45, 7) is 3.35. The average Bonchev–Trinajstić information content (AvgIpc) is 3.26. The molecule has 0 aromatic heterocycles. The minimum atomic E-state index is -0.915. The van der Waals surface area contributed by atoms with Crippen molar-refractivity contribution in [3.63, 3.8) is 0 Å². The second-order valence-electron chi connectivity index (χ2n) is 5.26. The monoisotopic (exact) mass is 342 g/mol. The summed E-state index contributed by atoms with van der Waals surface area (Å²) in [7, 11) is 0. The van der Waals surface area contributed by atoms with E-state index in [0.29, 0.717) is 21.9 Å². The van der Waals surface area contributed by atoms with Gasteiger partial charge in [0.2, 0.25) is 5.83 Å². The minimum absolute atomic E-state index is 0.158. The summed E-state index contributed by atoms with van der Waals surface area (Å²) in [5.74, 6) is -1.07. The van der Waals surface area contributed by atoms with Crippen LogP contribution in [0.25, 0.3) is 0 Å². The highest BCUT2D eigenvalue weighted by atomic mass is 35.5. The van der Waals surface area contributed by atoms with Crippen molar-refractivity contribution in [2.45, 2.75) is 26.2 Å². The molecule has 0 N–H and O–H groups in total. The summed E-state index contributed by atoms with van der Waals surface area (Å²) in [6, 6.07) is 5.60. The zero-order valence-electron chi connectivity index (χ0n) is 12.4. The Hall–Kier alpha value is -1.32. The summed E-state index contributed by atoms with van der Waals surface area (Å²) in [5.41, 5.74) is 1.40. The molecule has 1 aromatic carbocycles. The van der Waals surface area contributed by atoms with Crippen molar-refractivity contribution in [1.82, 2.24) is 0 Å². The molecule has 0 radical (unpaired) electrons. The lowest BCUT2D eigenvalue weighted by atomic mass is 10.1. The zero-order chi connectivity index (χ0) is 16.3. The van der Waals surface area contributed by atoms with Crippen LogP contribution in [0.5, 0.6) is 0 Å². The third-order valence-corrected chi connectivity index (χ3v) is 4.34. The number of allylic oxidation sites excluding steroid dienone is 3. The molecule has 22 heavy (non-hydrogen) atoms. The number of hydrogen-bond donors (Lipinski definition) is 0. The molecule has 2 atom stereocenters. The Morgan fingerprint density at radius 1 is 1.41 bits per heavy atom. The highest BCUT2D eigenvalue weighted by Gasteiger charge is 2.36. The number of hydrogen-bond acceptors (Lipinski definition) is 2. The summed E-state index contributed by atoms with van der Waals surface area (Å²) < 4.78 is 18.3. The number of halogens is 3. The predicted molar refractivity (Wildman–Crippen MR) is 86.9 cm³/mol. The molecule has 5 heteroatoms. The Bertz CT molecular complexity index is 638. The van der Waals surface area contributed by atoms with Crippen LogP contribution in [0.2, 0.25) is 10.0 Å². The zero-order valence-corrected chi connectivity index (χ0v) is 13.9. The molecule has 1 fully saturated rings. The number of rotatable bonds is 5. The first kappa shape index (κ1) is 17.0. The fraction of sp³-hybridized carbons (Fsp3) is 0.353. The van der Waals surface area contributed by atoms with Crippen LogP contribution in [0, 0.1) is 5.92 Å². The fourth-order valence-corrected chi connectivity index (χ4v) is 2.56. The van der Waals surface area contributed by atoms with E-state index in [1.54, 1.807) is 26.0 Å². The molecule has 1 aliphatic rings. The molecule has 0 aliphatic heterocycles. The van der Waals surface area contributed by atoms with Crippen molar-refractivity contribution in [2.75, 3.05) is 6.61 Å². The van der Waals surface area contributed by atoms with Gasteiger partial charge in [0.05, 0.1) is 16.7 Å². The summed E-state index contributed by atoms with van der Waals surface area (Å²) in [4.78, 5) is 11.3. The molecule has 0 unspecified atom stereocenters. The maximum atomic E-state index is 13.7. The minimum Gasteiger partial charge on any atom is -0.461 e. The van der Waals surface area contributed by atoms with E-state index in [1.807, 2.05) is 18.2 Å². The van der Waals surface area contributed by atoms with E-state index in [4.69, 9.17) is 23.2 Å². The third-order valence-electron chi connectivity index (χ3n) is 3.61. The van der Waals surface area contributed by atoms with Crippen molar-refractivity contribution < 1.29 is 13.9 Å². The molecule has 2 rings (SSSR count). The van der Waals surface area contributed by atoms with Gasteiger partial charge >= 0.3 is 5.97 Å². The summed E-state index contributed by atoms with van der Waals surface area (Å²) in [6.07, 6.45) is 4.53. The van der Waals surface area contributed by atoms with Gasteiger partial charge in [-0.1, -0.05) is 41.4 Å². The van der Waals surface area contributed by atoms with Crippen LogP contribution in [0.4, 0.5) is 4.39 Å². The Balaban J connectivity index is 2.00. The van der Waals surface area contributed by atoms with Gasteiger partial charge in [-0.05, 0) is 55.4 Å². The number of carbonyl (C=O) groups excluding carboxylic acids is 1.